The van der Waals surface area contributed by atoms with Crippen molar-refractivity contribution >= 4 is 17.4 Å². The number of Topliss-reactive ketones (excluding diaryl/α,β-unsaturated/α-hetero) is 1. The van der Waals surface area contributed by atoms with Gasteiger partial charge in [-0.3, -0.25) is 9.59 Å². The first-order valence-electron chi connectivity index (χ1n) is 6.22. The van der Waals surface area contributed by atoms with E-state index in [-0.39, 0.29) is 11.7 Å². The summed E-state index contributed by atoms with van der Waals surface area (Å²) < 4.78 is 0. The SMILES string of the molecule is CCCC[C@H](N)C(=O)Nc1ccc(C(C)=O)cc1. The van der Waals surface area contributed by atoms with E-state index in [0.29, 0.717) is 17.7 Å². The van der Waals surface area contributed by atoms with Gasteiger partial charge in [-0.15, -0.1) is 0 Å². The van der Waals surface area contributed by atoms with Gasteiger partial charge >= 0.3 is 0 Å². The van der Waals surface area contributed by atoms with Crippen LogP contribution in [0.2, 0.25) is 0 Å². The van der Waals surface area contributed by atoms with Crippen LogP contribution in [0.5, 0.6) is 0 Å². The van der Waals surface area contributed by atoms with E-state index in [0.717, 1.165) is 12.8 Å². The van der Waals surface area contributed by atoms with Crippen LogP contribution in [0.4, 0.5) is 5.69 Å². The standard InChI is InChI=1S/C14H20N2O2/c1-3-4-5-13(15)14(18)16-12-8-6-11(7-9-12)10(2)17/h6-9,13H,3-5,15H2,1-2H3,(H,16,18)/t13-/m0/s1. The molecule has 1 aromatic carbocycles. The van der Waals surface area contributed by atoms with Gasteiger partial charge in [0, 0.05) is 11.3 Å². The van der Waals surface area contributed by atoms with Gasteiger partial charge < -0.3 is 11.1 Å². The maximum Gasteiger partial charge on any atom is 0.241 e. The van der Waals surface area contributed by atoms with E-state index in [9.17, 15) is 9.59 Å². The Balaban J connectivity index is 2.56. The second kappa shape index (κ2) is 6.91. The molecule has 0 spiro atoms. The molecule has 0 saturated carbocycles. The Labute approximate surface area is 108 Å². The number of benzene rings is 1. The summed E-state index contributed by atoms with van der Waals surface area (Å²) in [5.41, 5.74) is 7.05. The van der Waals surface area contributed by atoms with Crippen molar-refractivity contribution in [2.45, 2.75) is 39.2 Å². The van der Waals surface area contributed by atoms with E-state index in [2.05, 4.69) is 12.2 Å². The first kappa shape index (κ1) is 14.4. The molecule has 1 aromatic rings. The Bertz CT molecular complexity index is 412. The van der Waals surface area contributed by atoms with Gasteiger partial charge in [-0.1, -0.05) is 19.8 Å². The maximum atomic E-state index is 11.7. The first-order valence-corrected chi connectivity index (χ1v) is 6.22. The van der Waals surface area contributed by atoms with Crippen molar-refractivity contribution < 1.29 is 9.59 Å². The molecular weight excluding hydrogens is 228 g/mol. The van der Waals surface area contributed by atoms with Crippen molar-refractivity contribution in [1.82, 2.24) is 0 Å². The van der Waals surface area contributed by atoms with Crippen molar-refractivity contribution in [3.63, 3.8) is 0 Å². The van der Waals surface area contributed by atoms with Crippen LogP contribution in [0.1, 0.15) is 43.5 Å². The number of rotatable bonds is 6. The lowest BCUT2D eigenvalue weighted by molar-refractivity contribution is -0.117. The van der Waals surface area contributed by atoms with E-state index < -0.39 is 6.04 Å². The van der Waals surface area contributed by atoms with Crippen LogP contribution in [0.15, 0.2) is 24.3 Å². The number of hydrogen-bond donors (Lipinski definition) is 2. The Morgan fingerprint density at radius 1 is 1.28 bits per heavy atom. The van der Waals surface area contributed by atoms with Crippen LogP contribution in [0, 0.1) is 0 Å². The third kappa shape index (κ3) is 4.30. The molecule has 3 N–H and O–H groups in total. The summed E-state index contributed by atoms with van der Waals surface area (Å²) in [5.74, 6) is -0.174. The fourth-order valence-corrected chi connectivity index (χ4v) is 1.58. The Morgan fingerprint density at radius 2 is 1.89 bits per heavy atom. The number of carbonyl (C=O) groups is 2. The molecule has 4 heteroatoms. The average Bonchev–Trinajstić information content (AvgIpc) is 2.36. The van der Waals surface area contributed by atoms with Crippen LogP contribution in [0.3, 0.4) is 0 Å². The molecule has 18 heavy (non-hydrogen) atoms. The number of carbonyl (C=O) groups excluding carboxylic acids is 2. The Morgan fingerprint density at radius 3 is 2.39 bits per heavy atom. The third-order valence-electron chi connectivity index (χ3n) is 2.76. The van der Waals surface area contributed by atoms with Crippen molar-refractivity contribution in [3.05, 3.63) is 29.8 Å². The summed E-state index contributed by atoms with van der Waals surface area (Å²) in [4.78, 5) is 22.8. The molecule has 0 heterocycles. The van der Waals surface area contributed by atoms with Gasteiger partial charge in [0.25, 0.3) is 0 Å². The minimum Gasteiger partial charge on any atom is -0.325 e. The second-order valence-corrected chi connectivity index (χ2v) is 4.37. The molecule has 0 saturated heterocycles. The van der Waals surface area contributed by atoms with Crippen molar-refractivity contribution in [1.29, 1.82) is 0 Å². The molecule has 98 valence electrons. The quantitative estimate of drug-likeness (QED) is 0.759. The maximum absolute atomic E-state index is 11.7. The molecule has 1 atom stereocenters. The van der Waals surface area contributed by atoms with Crippen molar-refractivity contribution in [2.24, 2.45) is 5.73 Å². The van der Waals surface area contributed by atoms with Crippen LogP contribution in [0.25, 0.3) is 0 Å². The van der Waals surface area contributed by atoms with Gasteiger partial charge in [0.1, 0.15) is 0 Å². The van der Waals surface area contributed by atoms with Gasteiger partial charge in [-0.2, -0.15) is 0 Å². The molecule has 0 fully saturated rings. The number of nitrogens with two attached hydrogens (primary N) is 1. The van der Waals surface area contributed by atoms with E-state index in [1.165, 1.54) is 6.92 Å². The van der Waals surface area contributed by atoms with E-state index >= 15 is 0 Å². The third-order valence-corrected chi connectivity index (χ3v) is 2.76. The van der Waals surface area contributed by atoms with Crippen LogP contribution < -0.4 is 11.1 Å². The normalized spacial score (nSPS) is 11.9. The minimum absolute atomic E-state index is 0.00697. The summed E-state index contributed by atoms with van der Waals surface area (Å²) in [6.45, 7) is 3.57. The fraction of sp³-hybridized carbons (Fsp3) is 0.429. The van der Waals surface area contributed by atoms with Gasteiger partial charge in [-0.05, 0) is 37.6 Å². The first-order chi connectivity index (χ1) is 8.54. The van der Waals surface area contributed by atoms with Crippen LogP contribution >= 0.6 is 0 Å². The lowest BCUT2D eigenvalue weighted by atomic mass is 10.1. The summed E-state index contributed by atoms with van der Waals surface area (Å²) in [6, 6.07) is 6.32. The zero-order chi connectivity index (χ0) is 13.5. The Hall–Kier alpha value is -1.68. The van der Waals surface area contributed by atoms with E-state index in [4.69, 9.17) is 5.73 Å². The lowest BCUT2D eigenvalue weighted by Crippen LogP contribution is -2.35. The minimum atomic E-state index is -0.475. The molecule has 0 aliphatic rings. The lowest BCUT2D eigenvalue weighted by Gasteiger charge is -2.11. The number of unbranched alkanes of at least 4 members (excludes halogenated alkanes) is 1. The predicted molar refractivity (Wildman–Crippen MR) is 72.6 cm³/mol. The molecule has 0 unspecified atom stereocenters. The summed E-state index contributed by atoms with van der Waals surface area (Å²) in [6.07, 6.45) is 2.65. The number of hydrogen-bond acceptors (Lipinski definition) is 3. The topological polar surface area (TPSA) is 72.2 Å². The van der Waals surface area contributed by atoms with Crippen LogP contribution in [-0.4, -0.2) is 17.7 Å². The molecule has 4 nitrogen and oxygen atoms in total. The summed E-state index contributed by atoms with van der Waals surface area (Å²) in [5, 5.41) is 2.74. The van der Waals surface area contributed by atoms with Gasteiger partial charge in [0.05, 0.1) is 6.04 Å². The van der Waals surface area contributed by atoms with E-state index in [1.54, 1.807) is 24.3 Å². The molecule has 0 aliphatic carbocycles. The molecule has 0 bridgehead atoms. The monoisotopic (exact) mass is 248 g/mol. The smallest absolute Gasteiger partial charge is 0.241 e. The molecular formula is C14H20N2O2. The zero-order valence-electron chi connectivity index (χ0n) is 10.9. The number of amides is 1. The zero-order valence-corrected chi connectivity index (χ0v) is 10.9. The van der Waals surface area contributed by atoms with Gasteiger partial charge in [0.2, 0.25) is 5.91 Å². The number of nitrogens with one attached hydrogen (secondary N) is 1. The average molecular weight is 248 g/mol. The number of anilines is 1. The molecule has 0 aromatic heterocycles. The molecule has 0 aliphatic heterocycles. The van der Waals surface area contributed by atoms with Crippen molar-refractivity contribution in [3.8, 4) is 0 Å². The van der Waals surface area contributed by atoms with Crippen LogP contribution in [-0.2, 0) is 4.79 Å². The van der Waals surface area contributed by atoms with Crippen molar-refractivity contribution in [2.75, 3.05) is 5.32 Å². The largest absolute Gasteiger partial charge is 0.325 e. The van der Waals surface area contributed by atoms with E-state index in [1.807, 2.05) is 0 Å². The fourth-order valence-electron chi connectivity index (χ4n) is 1.58. The highest BCUT2D eigenvalue weighted by atomic mass is 16.2. The molecule has 1 amide bonds. The summed E-state index contributed by atoms with van der Waals surface area (Å²) >= 11 is 0. The predicted octanol–water partition coefficient (Wildman–Crippen LogP) is 2.35. The Kier molecular flexibility index (Phi) is 5.52. The van der Waals surface area contributed by atoms with Gasteiger partial charge in [0.15, 0.2) is 5.78 Å². The highest BCUT2D eigenvalue weighted by Crippen LogP contribution is 2.11. The summed E-state index contributed by atoms with van der Waals surface area (Å²) in [7, 11) is 0. The molecule has 1 rings (SSSR count). The highest BCUT2D eigenvalue weighted by Gasteiger charge is 2.12. The van der Waals surface area contributed by atoms with Gasteiger partial charge in [-0.25, -0.2) is 0 Å². The molecule has 0 radical (unpaired) electrons. The number of ketones is 1. The second-order valence-electron chi connectivity index (χ2n) is 4.37. The highest BCUT2D eigenvalue weighted by molar-refractivity contribution is 5.96.